The molecule has 0 bridgehead atoms. The number of carbonyl (C=O) groups excluding carboxylic acids is 1. The van der Waals surface area contributed by atoms with Crippen LogP contribution in [0.1, 0.15) is 16.9 Å². The number of aryl methyl sites for hydroxylation is 2. The van der Waals surface area contributed by atoms with Crippen LogP contribution in [0.4, 0.5) is 5.82 Å². The van der Waals surface area contributed by atoms with Crippen molar-refractivity contribution in [1.82, 2.24) is 20.2 Å². The SMILES string of the molecule is Cc1sc2ncnc(NCC(=O)NCCCN(C)C)c2c1C. The highest BCUT2D eigenvalue weighted by Crippen LogP contribution is 2.32. The van der Waals surface area contributed by atoms with E-state index in [0.29, 0.717) is 6.54 Å². The number of anilines is 1. The molecule has 0 aliphatic rings. The van der Waals surface area contributed by atoms with Crippen molar-refractivity contribution in [2.24, 2.45) is 0 Å². The Morgan fingerprint density at radius 1 is 1.32 bits per heavy atom. The molecule has 0 atom stereocenters. The Kier molecular flexibility index (Phi) is 5.68. The predicted molar refractivity (Wildman–Crippen MR) is 91.6 cm³/mol. The van der Waals surface area contributed by atoms with Crippen LogP contribution < -0.4 is 10.6 Å². The molecule has 0 fully saturated rings. The van der Waals surface area contributed by atoms with Gasteiger partial charge in [0, 0.05) is 11.4 Å². The minimum atomic E-state index is -0.0184. The van der Waals surface area contributed by atoms with Crippen molar-refractivity contribution in [3.8, 4) is 0 Å². The first kappa shape index (κ1) is 16.6. The summed E-state index contributed by atoms with van der Waals surface area (Å²) in [4.78, 5) is 24.7. The number of rotatable bonds is 7. The van der Waals surface area contributed by atoms with E-state index < -0.39 is 0 Å². The van der Waals surface area contributed by atoms with E-state index in [0.717, 1.165) is 29.0 Å². The van der Waals surface area contributed by atoms with Gasteiger partial charge in [0.2, 0.25) is 5.91 Å². The molecule has 2 rings (SSSR count). The number of hydrogen-bond acceptors (Lipinski definition) is 6. The van der Waals surface area contributed by atoms with Gasteiger partial charge in [0.1, 0.15) is 17.0 Å². The lowest BCUT2D eigenvalue weighted by atomic mass is 10.2. The van der Waals surface area contributed by atoms with Crippen molar-refractivity contribution < 1.29 is 4.79 Å². The Hall–Kier alpha value is -1.73. The number of nitrogens with one attached hydrogen (secondary N) is 2. The van der Waals surface area contributed by atoms with Crippen molar-refractivity contribution in [1.29, 1.82) is 0 Å². The fraction of sp³-hybridized carbons (Fsp3) is 0.533. The van der Waals surface area contributed by atoms with Crippen LogP contribution in [0.3, 0.4) is 0 Å². The lowest BCUT2D eigenvalue weighted by Crippen LogP contribution is -2.32. The van der Waals surface area contributed by atoms with Gasteiger partial charge < -0.3 is 15.5 Å². The summed E-state index contributed by atoms with van der Waals surface area (Å²) in [7, 11) is 4.05. The van der Waals surface area contributed by atoms with E-state index in [4.69, 9.17) is 0 Å². The van der Waals surface area contributed by atoms with Gasteiger partial charge in [-0.1, -0.05) is 0 Å². The van der Waals surface area contributed by atoms with E-state index in [2.05, 4.69) is 39.3 Å². The minimum Gasteiger partial charge on any atom is -0.360 e. The minimum absolute atomic E-state index is 0.0184. The lowest BCUT2D eigenvalue weighted by Gasteiger charge is -2.10. The molecule has 6 nitrogen and oxygen atoms in total. The van der Waals surface area contributed by atoms with Crippen LogP contribution in [-0.4, -0.2) is 54.5 Å². The van der Waals surface area contributed by atoms with Crippen LogP contribution in [-0.2, 0) is 4.79 Å². The molecular formula is C15H23N5OS. The highest BCUT2D eigenvalue weighted by molar-refractivity contribution is 7.18. The maximum Gasteiger partial charge on any atom is 0.239 e. The van der Waals surface area contributed by atoms with Crippen LogP contribution in [0, 0.1) is 13.8 Å². The molecule has 2 aromatic heterocycles. The Morgan fingerprint density at radius 3 is 2.82 bits per heavy atom. The van der Waals surface area contributed by atoms with Crippen molar-refractivity contribution in [3.05, 3.63) is 16.8 Å². The summed E-state index contributed by atoms with van der Waals surface area (Å²) in [5.41, 5.74) is 1.18. The van der Waals surface area contributed by atoms with E-state index in [-0.39, 0.29) is 12.5 Å². The zero-order chi connectivity index (χ0) is 16.1. The first-order valence-electron chi connectivity index (χ1n) is 7.35. The third-order valence-corrected chi connectivity index (χ3v) is 4.60. The number of hydrogen-bond donors (Lipinski definition) is 2. The van der Waals surface area contributed by atoms with Crippen molar-refractivity contribution >= 4 is 33.3 Å². The summed E-state index contributed by atoms with van der Waals surface area (Å²) in [6, 6.07) is 0. The topological polar surface area (TPSA) is 70.1 Å². The van der Waals surface area contributed by atoms with E-state index in [1.54, 1.807) is 11.3 Å². The zero-order valence-corrected chi connectivity index (χ0v) is 14.4. The molecule has 2 heterocycles. The molecule has 7 heteroatoms. The third kappa shape index (κ3) is 4.14. The Bertz CT molecular complexity index is 653. The van der Waals surface area contributed by atoms with Crippen LogP contribution in [0.15, 0.2) is 6.33 Å². The lowest BCUT2D eigenvalue weighted by molar-refractivity contribution is -0.119. The maximum atomic E-state index is 11.9. The van der Waals surface area contributed by atoms with Gasteiger partial charge in [-0.25, -0.2) is 9.97 Å². The van der Waals surface area contributed by atoms with Gasteiger partial charge in [-0.15, -0.1) is 11.3 Å². The molecule has 0 radical (unpaired) electrons. The molecule has 0 saturated carbocycles. The second-order valence-corrected chi connectivity index (χ2v) is 6.75. The molecule has 2 N–H and O–H groups in total. The third-order valence-electron chi connectivity index (χ3n) is 3.49. The molecule has 0 aliphatic carbocycles. The van der Waals surface area contributed by atoms with Crippen molar-refractivity contribution in [2.75, 3.05) is 39.0 Å². The normalized spacial score (nSPS) is 11.1. The number of carbonyl (C=O) groups is 1. The summed E-state index contributed by atoms with van der Waals surface area (Å²) < 4.78 is 0. The number of thiophene rings is 1. The van der Waals surface area contributed by atoms with Crippen molar-refractivity contribution in [3.63, 3.8) is 0 Å². The predicted octanol–water partition coefficient (Wildman–Crippen LogP) is 1.79. The fourth-order valence-corrected chi connectivity index (χ4v) is 3.16. The maximum absolute atomic E-state index is 11.9. The summed E-state index contributed by atoms with van der Waals surface area (Å²) in [5, 5.41) is 7.05. The van der Waals surface area contributed by atoms with Crippen LogP contribution >= 0.6 is 11.3 Å². The van der Waals surface area contributed by atoms with E-state index in [1.165, 1.54) is 16.8 Å². The fourth-order valence-electron chi connectivity index (χ4n) is 2.17. The molecule has 0 saturated heterocycles. The van der Waals surface area contributed by atoms with Crippen LogP contribution in [0.5, 0.6) is 0 Å². The zero-order valence-electron chi connectivity index (χ0n) is 13.6. The molecule has 0 spiro atoms. The first-order valence-corrected chi connectivity index (χ1v) is 8.16. The Labute approximate surface area is 134 Å². The highest BCUT2D eigenvalue weighted by atomic mass is 32.1. The molecule has 1 amide bonds. The Balaban J connectivity index is 1.90. The van der Waals surface area contributed by atoms with Gasteiger partial charge in [0.15, 0.2) is 0 Å². The average Bonchev–Trinajstić information content (AvgIpc) is 2.77. The van der Waals surface area contributed by atoms with Crippen molar-refractivity contribution in [2.45, 2.75) is 20.3 Å². The van der Waals surface area contributed by atoms with Crippen LogP contribution in [0.2, 0.25) is 0 Å². The summed E-state index contributed by atoms with van der Waals surface area (Å²) >= 11 is 1.65. The van der Waals surface area contributed by atoms with Gasteiger partial charge in [-0.05, 0) is 46.5 Å². The molecule has 22 heavy (non-hydrogen) atoms. The van der Waals surface area contributed by atoms with Gasteiger partial charge in [0.25, 0.3) is 0 Å². The molecule has 0 aliphatic heterocycles. The highest BCUT2D eigenvalue weighted by Gasteiger charge is 2.12. The van der Waals surface area contributed by atoms with E-state index in [1.807, 2.05) is 14.1 Å². The molecule has 0 unspecified atom stereocenters. The number of amides is 1. The second kappa shape index (κ2) is 7.51. The Morgan fingerprint density at radius 2 is 2.09 bits per heavy atom. The monoisotopic (exact) mass is 321 g/mol. The molecule has 2 aromatic rings. The quantitative estimate of drug-likeness (QED) is 0.761. The molecule has 120 valence electrons. The van der Waals surface area contributed by atoms with E-state index in [9.17, 15) is 4.79 Å². The van der Waals surface area contributed by atoms with Gasteiger partial charge in [-0.2, -0.15) is 0 Å². The molecular weight excluding hydrogens is 298 g/mol. The first-order chi connectivity index (χ1) is 10.5. The average molecular weight is 321 g/mol. The van der Waals surface area contributed by atoms with Gasteiger partial charge in [-0.3, -0.25) is 4.79 Å². The number of nitrogens with zero attached hydrogens (tertiary/aromatic N) is 3. The largest absolute Gasteiger partial charge is 0.360 e. The number of aromatic nitrogens is 2. The van der Waals surface area contributed by atoms with E-state index >= 15 is 0 Å². The summed E-state index contributed by atoms with van der Waals surface area (Å²) in [6.07, 6.45) is 2.48. The van der Waals surface area contributed by atoms with Gasteiger partial charge >= 0.3 is 0 Å². The summed E-state index contributed by atoms with van der Waals surface area (Å²) in [6.45, 7) is 6.01. The van der Waals surface area contributed by atoms with Crippen LogP contribution in [0.25, 0.3) is 10.2 Å². The second-order valence-electron chi connectivity index (χ2n) is 5.55. The van der Waals surface area contributed by atoms with Gasteiger partial charge in [0.05, 0.1) is 11.9 Å². The molecule has 0 aromatic carbocycles. The summed E-state index contributed by atoms with van der Waals surface area (Å²) in [5.74, 6) is 0.713. The smallest absolute Gasteiger partial charge is 0.239 e. The number of fused-ring (bicyclic) bond motifs is 1. The standard InChI is InChI=1S/C15H23N5OS/c1-10-11(2)22-15-13(10)14(18-9-19-15)17-8-12(21)16-6-5-7-20(3)4/h9H,5-8H2,1-4H3,(H,16,21)(H,17,18,19).